The molecule has 2 aromatic heterocycles. The molecule has 1 saturated heterocycles. The molecule has 6 nitrogen and oxygen atoms in total. The topological polar surface area (TPSA) is 57.3 Å². The lowest BCUT2D eigenvalue weighted by Gasteiger charge is -2.40. The molecule has 1 aromatic carbocycles. The normalized spacial score (nSPS) is 17.7. The number of benzene rings is 1. The molecular formula is C20H21ClF3N5O. The predicted octanol–water partition coefficient (Wildman–Crippen LogP) is 4.49. The number of ether oxygens (including phenoxy) is 1. The minimum atomic E-state index is -4.39. The number of fused-ring (bicyclic) bond motifs is 1. The van der Waals surface area contributed by atoms with Crippen molar-refractivity contribution in [1.29, 1.82) is 0 Å². The fourth-order valence-electron chi connectivity index (χ4n) is 3.72. The number of hydrogen-bond donors (Lipinski definition) is 1. The van der Waals surface area contributed by atoms with Crippen molar-refractivity contribution in [2.75, 3.05) is 36.5 Å². The van der Waals surface area contributed by atoms with Gasteiger partial charge in [-0.25, -0.2) is 9.97 Å². The first-order valence-corrected chi connectivity index (χ1v) is 9.86. The molecule has 0 spiro atoms. The van der Waals surface area contributed by atoms with Crippen LogP contribution in [-0.4, -0.2) is 47.7 Å². The van der Waals surface area contributed by atoms with Gasteiger partial charge in [0, 0.05) is 39.0 Å². The van der Waals surface area contributed by atoms with Crippen LogP contribution >= 0.6 is 11.6 Å². The highest BCUT2D eigenvalue weighted by Crippen LogP contribution is 2.32. The highest BCUT2D eigenvalue weighted by atomic mass is 35.5. The van der Waals surface area contributed by atoms with Gasteiger partial charge in [-0.15, -0.1) is 0 Å². The zero-order valence-electron chi connectivity index (χ0n) is 16.5. The first-order chi connectivity index (χ1) is 14.3. The maximum Gasteiger partial charge on any atom is 0.416 e. The molecule has 4 rings (SSSR count). The average Bonchev–Trinajstić information content (AvgIpc) is 3.10. The Labute approximate surface area is 176 Å². The molecule has 0 amide bonds. The van der Waals surface area contributed by atoms with Crippen LogP contribution in [0.2, 0.25) is 5.02 Å². The Kier molecular flexibility index (Phi) is 5.50. The number of pyridine rings is 1. The van der Waals surface area contributed by atoms with Crippen molar-refractivity contribution in [3.05, 3.63) is 46.6 Å². The average molecular weight is 440 g/mol. The molecule has 1 aliphatic rings. The van der Waals surface area contributed by atoms with Crippen LogP contribution in [0.3, 0.4) is 0 Å². The minimum Gasteiger partial charge on any atom is -0.380 e. The quantitative estimate of drug-likeness (QED) is 0.649. The van der Waals surface area contributed by atoms with Gasteiger partial charge in [-0.2, -0.15) is 13.2 Å². The van der Waals surface area contributed by atoms with Crippen LogP contribution in [0.1, 0.15) is 18.1 Å². The molecule has 10 heteroatoms. The molecule has 0 saturated carbocycles. The lowest BCUT2D eigenvalue weighted by Crippen LogP contribution is -2.52. The fraction of sp³-hybridized carbons (Fsp3) is 0.400. The van der Waals surface area contributed by atoms with Crippen LogP contribution in [0.15, 0.2) is 30.5 Å². The number of nitrogens with one attached hydrogen (secondary N) is 1. The number of alkyl halides is 3. The van der Waals surface area contributed by atoms with Crippen molar-refractivity contribution in [2.24, 2.45) is 0 Å². The van der Waals surface area contributed by atoms with Crippen LogP contribution in [0.25, 0.3) is 11.0 Å². The highest BCUT2D eigenvalue weighted by molar-refractivity contribution is 6.33. The van der Waals surface area contributed by atoms with E-state index in [4.69, 9.17) is 16.3 Å². The van der Waals surface area contributed by atoms with Gasteiger partial charge in [0.05, 0.1) is 28.2 Å². The number of methoxy groups -OCH3 is 1. The first kappa shape index (κ1) is 20.7. The van der Waals surface area contributed by atoms with E-state index >= 15 is 0 Å². The number of H-pyrrole nitrogens is 1. The summed E-state index contributed by atoms with van der Waals surface area (Å²) in [7, 11) is 1.62. The zero-order chi connectivity index (χ0) is 21.5. The second-order valence-electron chi connectivity index (χ2n) is 7.36. The molecule has 1 aliphatic heterocycles. The molecule has 1 N–H and O–H groups in total. The summed E-state index contributed by atoms with van der Waals surface area (Å²) in [5.41, 5.74) is 1.08. The summed E-state index contributed by atoms with van der Waals surface area (Å²) in [6, 6.07) is 5.44. The standard InChI is InChI=1S/C20H21ClF3N5O/c1-12-10-28(18-15(21)7-13(9-25-18)11-30-2)5-6-29(12)19-26-16-4-3-14(20(22,23)24)8-17(16)27-19/h3-4,7-9,12H,5-6,10-11H2,1-2H3,(H,26,27)/t12-/m1/s1. The summed E-state index contributed by atoms with van der Waals surface area (Å²) in [5.74, 6) is 1.27. The third kappa shape index (κ3) is 4.04. The lowest BCUT2D eigenvalue weighted by molar-refractivity contribution is -0.137. The molecule has 0 bridgehead atoms. The van der Waals surface area contributed by atoms with Gasteiger partial charge in [-0.1, -0.05) is 11.6 Å². The van der Waals surface area contributed by atoms with Crippen LogP contribution in [0.4, 0.5) is 24.9 Å². The van der Waals surface area contributed by atoms with E-state index in [1.807, 2.05) is 13.0 Å². The Bertz CT molecular complexity index is 1050. The van der Waals surface area contributed by atoms with Gasteiger partial charge in [0.25, 0.3) is 0 Å². The minimum absolute atomic E-state index is 0.0536. The van der Waals surface area contributed by atoms with E-state index in [-0.39, 0.29) is 6.04 Å². The van der Waals surface area contributed by atoms with Gasteiger partial charge in [0.1, 0.15) is 5.82 Å². The first-order valence-electron chi connectivity index (χ1n) is 9.48. The SMILES string of the molecule is COCc1cnc(N2CCN(c3nc4ccc(C(F)(F)F)cc4[nH]3)[C@H](C)C2)c(Cl)c1. The lowest BCUT2D eigenvalue weighted by atomic mass is 10.2. The van der Waals surface area contributed by atoms with Crippen molar-refractivity contribution < 1.29 is 17.9 Å². The molecule has 3 heterocycles. The van der Waals surface area contributed by atoms with E-state index in [1.165, 1.54) is 6.07 Å². The molecule has 1 atom stereocenters. The van der Waals surface area contributed by atoms with Crippen LogP contribution < -0.4 is 9.80 Å². The van der Waals surface area contributed by atoms with Crippen molar-refractivity contribution in [2.45, 2.75) is 25.7 Å². The van der Waals surface area contributed by atoms with E-state index in [0.29, 0.717) is 54.1 Å². The number of nitrogens with zero attached hydrogens (tertiary/aromatic N) is 4. The molecule has 160 valence electrons. The second kappa shape index (κ2) is 7.96. The largest absolute Gasteiger partial charge is 0.416 e. The molecule has 30 heavy (non-hydrogen) atoms. The Morgan fingerprint density at radius 1 is 1.27 bits per heavy atom. The Balaban J connectivity index is 1.52. The Morgan fingerprint density at radius 3 is 2.73 bits per heavy atom. The summed E-state index contributed by atoms with van der Waals surface area (Å²) in [4.78, 5) is 16.2. The van der Waals surface area contributed by atoms with E-state index in [9.17, 15) is 13.2 Å². The van der Waals surface area contributed by atoms with Crippen molar-refractivity contribution in [3.8, 4) is 0 Å². The fourth-order valence-corrected chi connectivity index (χ4v) is 4.03. The smallest absolute Gasteiger partial charge is 0.380 e. The van der Waals surface area contributed by atoms with Gasteiger partial charge in [-0.3, -0.25) is 0 Å². The van der Waals surface area contributed by atoms with Crippen LogP contribution in [0.5, 0.6) is 0 Å². The summed E-state index contributed by atoms with van der Waals surface area (Å²) in [6.07, 6.45) is -2.64. The van der Waals surface area contributed by atoms with Crippen molar-refractivity contribution in [3.63, 3.8) is 0 Å². The van der Waals surface area contributed by atoms with Gasteiger partial charge in [0.2, 0.25) is 5.95 Å². The summed E-state index contributed by atoms with van der Waals surface area (Å²) in [5, 5.41) is 0.564. The van der Waals surface area contributed by atoms with Gasteiger partial charge >= 0.3 is 6.18 Å². The highest BCUT2D eigenvalue weighted by Gasteiger charge is 2.31. The predicted molar refractivity (Wildman–Crippen MR) is 110 cm³/mol. The number of imidazole rings is 1. The number of anilines is 2. The molecule has 0 unspecified atom stereocenters. The van der Waals surface area contributed by atoms with Gasteiger partial charge in [-0.05, 0) is 36.8 Å². The maximum atomic E-state index is 13.0. The monoisotopic (exact) mass is 439 g/mol. The number of rotatable bonds is 4. The number of aromatic amines is 1. The van der Waals surface area contributed by atoms with Crippen LogP contribution in [0, 0.1) is 0 Å². The number of hydrogen-bond acceptors (Lipinski definition) is 5. The molecule has 0 radical (unpaired) electrons. The Hall–Kier alpha value is -2.52. The summed E-state index contributed by atoms with van der Waals surface area (Å²) < 4.78 is 44.0. The van der Waals surface area contributed by atoms with E-state index in [0.717, 1.165) is 17.7 Å². The summed E-state index contributed by atoms with van der Waals surface area (Å²) in [6.45, 7) is 4.42. The number of halogens is 4. The zero-order valence-corrected chi connectivity index (χ0v) is 17.3. The number of aromatic nitrogens is 3. The molecular weight excluding hydrogens is 419 g/mol. The number of piperazine rings is 1. The summed E-state index contributed by atoms with van der Waals surface area (Å²) >= 11 is 6.42. The maximum absolute atomic E-state index is 13.0. The van der Waals surface area contributed by atoms with Crippen molar-refractivity contribution >= 4 is 34.4 Å². The van der Waals surface area contributed by atoms with Crippen molar-refractivity contribution in [1.82, 2.24) is 15.0 Å². The second-order valence-corrected chi connectivity index (χ2v) is 7.77. The van der Waals surface area contributed by atoms with Gasteiger partial charge < -0.3 is 19.5 Å². The molecule has 3 aromatic rings. The molecule has 0 aliphatic carbocycles. The third-order valence-corrected chi connectivity index (χ3v) is 5.46. The third-order valence-electron chi connectivity index (χ3n) is 5.19. The van der Waals surface area contributed by atoms with E-state index in [1.54, 1.807) is 13.3 Å². The van der Waals surface area contributed by atoms with E-state index < -0.39 is 11.7 Å². The van der Waals surface area contributed by atoms with Crippen LogP contribution in [-0.2, 0) is 17.5 Å². The Morgan fingerprint density at radius 2 is 2.07 bits per heavy atom. The molecule has 1 fully saturated rings. The van der Waals surface area contributed by atoms with E-state index in [2.05, 4.69) is 24.8 Å². The van der Waals surface area contributed by atoms with Gasteiger partial charge in [0.15, 0.2) is 0 Å².